The number of rotatable bonds is 6. The van der Waals surface area contributed by atoms with Gasteiger partial charge in [-0.1, -0.05) is 30.3 Å². The summed E-state index contributed by atoms with van der Waals surface area (Å²) >= 11 is 0. The van der Waals surface area contributed by atoms with Gasteiger partial charge < -0.3 is 10.1 Å². The van der Waals surface area contributed by atoms with Gasteiger partial charge in [-0.25, -0.2) is 8.42 Å². The molecule has 1 amide bonds. The van der Waals surface area contributed by atoms with Gasteiger partial charge in [-0.15, -0.1) is 0 Å². The van der Waals surface area contributed by atoms with E-state index in [2.05, 4.69) is 10.4 Å². The largest absolute Gasteiger partial charge is 0.497 e. The fraction of sp³-hybridized carbons (Fsp3) is 0.273. The molecule has 0 spiro atoms. The highest BCUT2D eigenvalue weighted by Gasteiger charge is 2.38. The first-order valence-electron chi connectivity index (χ1n) is 9.86. The molecule has 0 fully saturated rings. The quantitative estimate of drug-likeness (QED) is 0.633. The van der Waals surface area contributed by atoms with E-state index in [0.717, 1.165) is 16.9 Å². The Bertz CT molecular complexity index is 1170. The Morgan fingerprint density at radius 3 is 2.55 bits per heavy atom. The number of benzene rings is 2. The molecule has 1 aromatic heterocycles. The van der Waals surface area contributed by atoms with E-state index in [-0.39, 0.29) is 23.9 Å². The van der Waals surface area contributed by atoms with Crippen LogP contribution in [-0.2, 0) is 35.0 Å². The third-order valence-electron chi connectivity index (χ3n) is 5.32. The zero-order chi connectivity index (χ0) is 22.0. The standard InChI is InChI=1S/C22H24N4O4S/c1-25-13-17-14-26(31(28,29)19-6-4-3-5-7-19)15-20(21(17)24-25)22(27)23-12-16-8-10-18(30-2)11-9-16/h3-11,13,20H,12,14-15H2,1-2H3,(H,23,27)/t20-/m0/s1. The van der Waals surface area contributed by atoms with Gasteiger partial charge in [0.1, 0.15) is 5.75 Å². The maximum atomic E-state index is 13.2. The maximum absolute atomic E-state index is 13.2. The summed E-state index contributed by atoms with van der Waals surface area (Å²) in [6.45, 7) is 0.547. The molecule has 2 heterocycles. The number of nitrogens with zero attached hydrogens (tertiary/aromatic N) is 3. The van der Waals surface area contributed by atoms with Crippen LogP contribution in [0.2, 0.25) is 0 Å². The highest BCUT2D eigenvalue weighted by atomic mass is 32.2. The summed E-state index contributed by atoms with van der Waals surface area (Å²) in [7, 11) is -0.373. The van der Waals surface area contributed by atoms with Crippen molar-refractivity contribution in [2.24, 2.45) is 7.05 Å². The van der Waals surface area contributed by atoms with Crippen LogP contribution in [0.15, 0.2) is 65.7 Å². The first kappa shape index (κ1) is 21.1. The SMILES string of the molecule is COc1ccc(CNC(=O)[C@H]2CN(S(=O)(=O)c3ccccc3)Cc3cn(C)nc32)cc1. The lowest BCUT2D eigenvalue weighted by atomic mass is 9.97. The molecule has 1 aliphatic heterocycles. The van der Waals surface area contributed by atoms with Crippen LogP contribution >= 0.6 is 0 Å². The number of aromatic nitrogens is 2. The highest BCUT2D eigenvalue weighted by molar-refractivity contribution is 7.89. The minimum atomic E-state index is -3.73. The number of methoxy groups -OCH3 is 1. The Morgan fingerprint density at radius 1 is 1.16 bits per heavy atom. The molecule has 1 aliphatic rings. The molecule has 4 rings (SSSR count). The van der Waals surface area contributed by atoms with Gasteiger partial charge in [0.15, 0.2) is 0 Å². The molecule has 0 saturated heterocycles. The van der Waals surface area contributed by atoms with Crippen molar-refractivity contribution in [3.8, 4) is 5.75 Å². The van der Waals surface area contributed by atoms with Gasteiger partial charge in [0.05, 0.1) is 23.6 Å². The Hall–Kier alpha value is -3.17. The third-order valence-corrected chi connectivity index (χ3v) is 7.15. The van der Waals surface area contributed by atoms with Crippen molar-refractivity contribution >= 4 is 15.9 Å². The number of aryl methyl sites for hydroxylation is 1. The number of ether oxygens (including phenoxy) is 1. The predicted octanol–water partition coefficient (Wildman–Crippen LogP) is 2.03. The van der Waals surface area contributed by atoms with Gasteiger partial charge in [-0.05, 0) is 29.8 Å². The summed E-state index contributed by atoms with van der Waals surface area (Å²) in [4.78, 5) is 13.3. The second-order valence-electron chi connectivity index (χ2n) is 7.44. The van der Waals surface area contributed by atoms with Gasteiger partial charge in [0.25, 0.3) is 0 Å². The smallest absolute Gasteiger partial charge is 0.243 e. The Labute approximate surface area is 181 Å². The molecule has 31 heavy (non-hydrogen) atoms. The average molecular weight is 441 g/mol. The molecule has 2 aromatic carbocycles. The minimum absolute atomic E-state index is 0.0374. The fourth-order valence-electron chi connectivity index (χ4n) is 3.70. The third kappa shape index (κ3) is 4.33. The van der Waals surface area contributed by atoms with Crippen molar-refractivity contribution in [3.05, 3.63) is 77.6 Å². The zero-order valence-corrected chi connectivity index (χ0v) is 18.2. The number of hydrogen-bond donors (Lipinski definition) is 1. The van der Waals surface area contributed by atoms with Crippen LogP contribution in [0.25, 0.3) is 0 Å². The second-order valence-corrected chi connectivity index (χ2v) is 9.38. The van der Waals surface area contributed by atoms with E-state index in [1.807, 2.05) is 24.3 Å². The van der Waals surface area contributed by atoms with E-state index >= 15 is 0 Å². The molecular weight excluding hydrogens is 416 g/mol. The molecule has 0 bridgehead atoms. The molecule has 1 N–H and O–H groups in total. The van der Waals surface area contributed by atoms with Crippen molar-refractivity contribution in [1.29, 1.82) is 0 Å². The van der Waals surface area contributed by atoms with Gasteiger partial charge in [0.2, 0.25) is 15.9 Å². The molecule has 1 atom stereocenters. The molecule has 3 aromatic rings. The van der Waals surface area contributed by atoms with Crippen LogP contribution in [0.1, 0.15) is 22.7 Å². The molecule has 0 radical (unpaired) electrons. The van der Waals surface area contributed by atoms with E-state index < -0.39 is 15.9 Å². The van der Waals surface area contributed by atoms with Crippen LogP contribution in [0, 0.1) is 0 Å². The number of sulfonamides is 1. The summed E-state index contributed by atoms with van der Waals surface area (Å²) in [5, 5.41) is 7.36. The first-order chi connectivity index (χ1) is 14.9. The van der Waals surface area contributed by atoms with Crippen molar-refractivity contribution in [3.63, 3.8) is 0 Å². The van der Waals surface area contributed by atoms with Gasteiger partial charge >= 0.3 is 0 Å². The number of hydrogen-bond acceptors (Lipinski definition) is 5. The van der Waals surface area contributed by atoms with E-state index in [1.54, 1.807) is 55.4 Å². The van der Waals surface area contributed by atoms with E-state index in [9.17, 15) is 13.2 Å². The minimum Gasteiger partial charge on any atom is -0.497 e. The van der Waals surface area contributed by atoms with Crippen LogP contribution in [0.4, 0.5) is 0 Å². The Balaban J connectivity index is 1.56. The van der Waals surface area contributed by atoms with Crippen LogP contribution < -0.4 is 10.1 Å². The summed E-state index contributed by atoms with van der Waals surface area (Å²) in [5.41, 5.74) is 2.27. The lowest BCUT2D eigenvalue weighted by Crippen LogP contribution is -2.43. The van der Waals surface area contributed by atoms with Gasteiger partial charge in [-0.3, -0.25) is 9.48 Å². The number of fused-ring (bicyclic) bond motifs is 1. The van der Waals surface area contributed by atoms with Crippen LogP contribution in [0.5, 0.6) is 5.75 Å². The van der Waals surface area contributed by atoms with Gasteiger partial charge in [-0.2, -0.15) is 9.40 Å². The summed E-state index contributed by atoms with van der Waals surface area (Å²) in [6.07, 6.45) is 1.77. The summed E-state index contributed by atoms with van der Waals surface area (Å²) in [5.74, 6) is -0.215. The van der Waals surface area contributed by atoms with E-state index in [1.165, 1.54) is 4.31 Å². The van der Waals surface area contributed by atoms with Crippen molar-refractivity contribution < 1.29 is 17.9 Å². The molecular formula is C22H24N4O4S. The lowest BCUT2D eigenvalue weighted by molar-refractivity contribution is -0.123. The maximum Gasteiger partial charge on any atom is 0.243 e. The van der Waals surface area contributed by atoms with E-state index in [0.29, 0.717) is 12.2 Å². The monoisotopic (exact) mass is 440 g/mol. The lowest BCUT2D eigenvalue weighted by Gasteiger charge is -2.30. The van der Waals surface area contributed by atoms with E-state index in [4.69, 9.17) is 4.74 Å². The number of carbonyl (C=O) groups is 1. The number of carbonyl (C=O) groups excluding carboxylic acids is 1. The fourth-order valence-corrected chi connectivity index (χ4v) is 5.16. The molecule has 0 saturated carbocycles. The zero-order valence-electron chi connectivity index (χ0n) is 17.4. The first-order valence-corrected chi connectivity index (χ1v) is 11.3. The summed E-state index contributed by atoms with van der Waals surface area (Å²) < 4.78 is 34.5. The van der Waals surface area contributed by atoms with Crippen molar-refractivity contribution in [1.82, 2.24) is 19.4 Å². The Kier molecular flexibility index (Phi) is 5.79. The number of nitrogens with one attached hydrogen (secondary N) is 1. The topological polar surface area (TPSA) is 93.5 Å². The highest BCUT2D eigenvalue weighted by Crippen LogP contribution is 2.31. The second kappa shape index (κ2) is 8.52. The number of amides is 1. The summed E-state index contributed by atoms with van der Waals surface area (Å²) in [6, 6.07) is 15.7. The Morgan fingerprint density at radius 2 is 1.87 bits per heavy atom. The van der Waals surface area contributed by atoms with Crippen molar-refractivity contribution in [2.75, 3.05) is 13.7 Å². The van der Waals surface area contributed by atoms with Gasteiger partial charge in [0, 0.05) is 38.4 Å². The molecule has 0 unspecified atom stereocenters. The molecule has 9 heteroatoms. The predicted molar refractivity (Wildman–Crippen MR) is 115 cm³/mol. The molecule has 0 aliphatic carbocycles. The molecule has 8 nitrogen and oxygen atoms in total. The normalized spacial score (nSPS) is 16.5. The average Bonchev–Trinajstić information content (AvgIpc) is 3.17. The molecule has 162 valence electrons. The van der Waals surface area contributed by atoms with Crippen LogP contribution in [0.3, 0.4) is 0 Å². The van der Waals surface area contributed by atoms with Crippen LogP contribution in [-0.4, -0.2) is 42.1 Å². The van der Waals surface area contributed by atoms with Crippen molar-refractivity contribution in [2.45, 2.75) is 23.9 Å².